The summed E-state index contributed by atoms with van der Waals surface area (Å²) >= 11 is 1.46. The molecule has 4 heteroatoms. The highest BCUT2D eigenvalue weighted by atomic mass is 32.2. The number of anilines is 2. The molecule has 0 bridgehead atoms. The van der Waals surface area contributed by atoms with Crippen molar-refractivity contribution in [2.24, 2.45) is 5.92 Å². The van der Waals surface area contributed by atoms with Crippen LogP contribution in [0.25, 0.3) is 22.3 Å². The van der Waals surface area contributed by atoms with Crippen LogP contribution in [0.1, 0.15) is 6.42 Å². The van der Waals surface area contributed by atoms with E-state index in [9.17, 15) is 9.59 Å². The van der Waals surface area contributed by atoms with Crippen molar-refractivity contribution in [2.75, 3.05) is 4.90 Å². The van der Waals surface area contributed by atoms with Gasteiger partial charge in [-0.25, -0.2) is 0 Å². The molecule has 1 fully saturated rings. The van der Waals surface area contributed by atoms with E-state index in [-0.39, 0.29) is 22.7 Å². The van der Waals surface area contributed by atoms with Crippen LogP contribution in [-0.4, -0.2) is 16.8 Å². The van der Waals surface area contributed by atoms with E-state index in [2.05, 4.69) is 83.8 Å². The number of Topliss-reactive ketones (excluding diaryl/α,β-unsaturated/α-hetero) is 2. The van der Waals surface area contributed by atoms with Crippen LogP contribution in [-0.2, 0) is 9.59 Å². The van der Waals surface area contributed by atoms with E-state index in [0.717, 1.165) is 22.6 Å². The number of benzene rings is 3. The molecular weight excluding hydrogens is 450 g/mol. The van der Waals surface area contributed by atoms with E-state index in [1.165, 1.54) is 34.0 Å². The molecular formula is C31H21NO2S. The smallest absolute Gasteiger partial charge is 0.180 e. The first-order chi connectivity index (χ1) is 17.2. The van der Waals surface area contributed by atoms with E-state index >= 15 is 0 Å². The number of rotatable bonds is 2. The van der Waals surface area contributed by atoms with Crippen LogP contribution in [0.5, 0.6) is 0 Å². The molecule has 7 rings (SSSR count). The van der Waals surface area contributed by atoms with Crippen molar-refractivity contribution in [3.05, 3.63) is 119 Å². The number of nitrogens with zero attached hydrogens (tertiary/aromatic N) is 1. The maximum atomic E-state index is 12.9. The molecule has 2 heterocycles. The Morgan fingerprint density at radius 3 is 1.97 bits per heavy atom. The van der Waals surface area contributed by atoms with Gasteiger partial charge in [0.05, 0.1) is 28.1 Å². The normalized spacial score (nSPS) is 23.0. The highest BCUT2D eigenvalue weighted by Gasteiger charge is 2.46. The van der Waals surface area contributed by atoms with Crippen molar-refractivity contribution in [1.29, 1.82) is 0 Å². The van der Waals surface area contributed by atoms with Gasteiger partial charge in [-0.15, -0.1) is 11.8 Å². The Morgan fingerprint density at radius 1 is 0.743 bits per heavy atom. The van der Waals surface area contributed by atoms with Gasteiger partial charge >= 0.3 is 0 Å². The second-order valence-electron chi connectivity index (χ2n) is 9.19. The predicted octanol–water partition coefficient (Wildman–Crippen LogP) is 7.01. The molecule has 2 atom stereocenters. The Bertz CT molecular complexity index is 1490. The average Bonchev–Trinajstić information content (AvgIpc) is 3.60. The lowest BCUT2D eigenvalue weighted by molar-refractivity contribution is -0.117. The predicted molar refractivity (Wildman–Crippen MR) is 142 cm³/mol. The Balaban J connectivity index is 1.30. The molecule has 35 heavy (non-hydrogen) atoms. The van der Waals surface area contributed by atoms with Crippen LogP contribution in [0.4, 0.5) is 11.4 Å². The minimum absolute atomic E-state index is 0.0368. The molecule has 0 spiro atoms. The summed E-state index contributed by atoms with van der Waals surface area (Å²) < 4.78 is 0. The van der Waals surface area contributed by atoms with Crippen LogP contribution < -0.4 is 4.90 Å². The SMILES string of the molecule is O=C1/C(=C\C2=CC=C(N3c4ccccc4-c4ccccc4-c4ccccc43)C2)C(=O)C2SC=CC12. The van der Waals surface area contributed by atoms with Crippen LogP contribution in [0.2, 0.25) is 0 Å². The van der Waals surface area contributed by atoms with Crippen LogP contribution in [0.15, 0.2) is 119 Å². The highest BCUT2D eigenvalue weighted by molar-refractivity contribution is 8.03. The number of hydrogen-bond acceptors (Lipinski definition) is 4. The first kappa shape index (κ1) is 20.5. The molecule has 3 aromatic rings. The summed E-state index contributed by atoms with van der Waals surface area (Å²) in [5, 5.41) is 1.61. The molecule has 0 aromatic heterocycles. The zero-order chi connectivity index (χ0) is 23.5. The van der Waals surface area contributed by atoms with Crippen molar-refractivity contribution >= 4 is 34.7 Å². The molecule has 2 aliphatic carbocycles. The van der Waals surface area contributed by atoms with Gasteiger partial charge in [0.1, 0.15) is 0 Å². The number of carbonyl (C=O) groups is 2. The standard InChI is InChI=1S/C31H21NO2S/c33-29-25-15-16-35-31(25)30(34)26(29)18-19-13-14-20(17-19)32-27-11-5-3-9-23(27)21-7-1-2-8-22(21)24-10-4-6-12-28(24)32/h1-16,18,25,31H,17H2/b26-18+. The van der Waals surface area contributed by atoms with Crippen molar-refractivity contribution in [3.8, 4) is 22.3 Å². The van der Waals surface area contributed by atoms with Crippen LogP contribution >= 0.6 is 11.8 Å². The van der Waals surface area contributed by atoms with Crippen LogP contribution in [0, 0.1) is 5.92 Å². The molecule has 0 N–H and O–H groups in total. The van der Waals surface area contributed by atoms with Crippen LogP contribution in [0.3, 0.4) is 0 Å². The number of para-hydroxylation sites is 2. The monoisotopic (exact) mass is 471 g/mol. The molecule has 4 aliphatic rings. The maximum Gasteiger partial charge on any atom is 0.180 e. The second kappa shape index (κ2) is 7.82. The number of hydrogen-bond donors (Lipinski definition) is 0. The number of fused-ring (bicyclic) bond motifs is 6. The highest BCUT2D eigenvalue weighted by Crippen LogP contribution is 2.50. The zero-order valence-electron chi connectivity index (χ0n) is 18.8. The number of carbonyl (C=O) groups excluding carboxylic acids is 2. The van der Waals surface area contributed by atoms with Crippen molar-refractivity contribution in [2.45, 2.75) is 11.7 Å². The maximum absolute atomic E-state index is 12.9. The van der Waals surface area contributed by atoms with Gasteiger partial charge in [-0.1, -0.05) is 72.8 Å². The molecule has 168 valence electrons. The Hall–Kier alpha value is -3.89. The summed E-state index contributed by atoms with van der Waals surface area (Å²) in [6.07, 6.45) is 8.51. The van der Waals surface area contributed by atoms with E-state index in [1.807, 2.05) is 23.6 Å². The fourth-order valence-corrected chi connectivity index (χ4v) is 6.66. The minimum atomic E-state index is -0.295. The molecule has 2 unspecified atom stereocenters. The number of thioether (sulfide) groups is 1. The van der Waals surface area contributed by atoms with Crippen molar-refractivity contribution < 1.29 is 9.59 Å². The summed E-state index contributed by atoms with van der Waals surface area (Å²) in [5.74, 6) is -0.377. The number of allylic oxidation sites excluding steroid dienone is 6. The first-order valence-corrected chi connectivity index (χ1v) is 12.7. The third kappa shape index (κ3) is 3.06. The Labute approximate surface area is 208 Å². The summed E-state index contributed by atoms with van der Waals surface area (Å²) in [6.45, 7) is 0. The summed E-state index contributed by atoms with van der Waals surface area (Å²) in [4.78, 5) is 28.1. The number of ketones is 2. The summed E-state index contributed by atoms with van der Waals surface area (Å²) in [5.41, 5.74) is 9.51. The average molecular weight is 472 g/mol. The van der Waals surface area contributed by atoms with Gasteiger partial charge in [-0.05, 0) is 46.4 Å². The van der Waals surface area contributed by atoms with Crippen molar-refractivity contribution in [3.63, 3.8) is 0 Å². The van der Waals surface area contributed by atoms with E-state index in [4.69, 9.17) is 0 Å². The van der Waals surface area contributed by atoms with Gasteiger partial charge in [-0.2, -0.15) is 0 Å². The minimum Gasteiger partial charge on any atom is -0.313 e. The fraction of sp³-hybridized carbons (Fsp3) is 0.0968. The Morgan fingerprint density at radius 2 is 1.34 bits per heavy atom. The zero-order valence-corrected chi connectivity index (χ0v) is 19.7. The summed E-state index contributed by atoms with van der Waals surface area (Å²) in [7, 11) is 0. The van der Waals surface area contributed by atoms with E-state index < -0.39 is 0 Å². The van der Waals surface area contributed by atoms with Gasteiger partial charge in [-0.3, -0.25) is 9.59 Å². The molecule has 0 radical (unpaired) electrons. The summed E-state index contributed by atoms with van der Waals surface area (Å²) in [6, 6.07) is 25.6. The van der Waals surface area contributed by atoms with E-state index in [0.29, 0.717) is 12.0 Å². The quantitative estimate of drug-likeness (QED) is 0.298. The molecule has 2 aliphatic heterocycles. The van der Waals surface area contributed by atoms with Gasteiger partial charge in [0.15, 0.2) is 11.6 Å². The Kier molecular flexibility index (Phi) is 4.58. The second-order valence-corrected chi connectivity index (χ2v) is 10.2. The third-order valence-corrected chi connectivity index (χ3v) is 8.33. The fourth-order valence-electron chi connectivity index (χ4n) is 5.60. The van der Waals surface area contributed by atoms with Gasteiger partial charge in [0.2, 0.25) is 0 Å². The molecule has 0 saturated heterocycles. The van der Waals surface area contributed by atoms with Crippen molar-refractivity contribution in [1.82, 2.24) is 0 Å². The lowest BCUT2D eigenvalue weighted by atomic mass is 9.95. The van der Waals surface area contributed by atoms with Gasteiger partial charge < -0.3 is 4.90 Å². The first-order valence-electron chi connectivity index (χ1n) is 11.8. The van der Waals surface area contributed by atoms with Gasteiger partial charge in [0.25, 0.3) is 0 Å². The topological polar surface area (TPSA) is 37.4 Å². The molecule has 0 amide bonds. The molecule has 3 nitrogen and oxygen atoms in total. The largest absolute Gasteiger partial charge is 0.313 e. The lowest BCUT2D eigenvalue weighted by Crippen LogP contribution is -2.16. The third-order valence-electron chi connectivity index (χ3n) is 7.22. The lowest BCUT2D eigenvalue weighted by Gasteiger charge is -2.28. The molecule has 1 saturated carbocycles. The van der Waals surface area contributed by atoms with Gasteiger partial charge in [0, 0.05) is 23.2 Å². The van der Waals surface area contributed by atoms with E-state index in [1.54, 1.807) is 0 Å². The molecule has 3 aromatic carbocycles.